The topological polar surface area (TPSA) is 72.5 Å². The Labute approximate surface area is 149 Å². The van der Waals surface area contributed by atoms with Crippen LogP contribution in [0.5, 0.6) is 0 Å². The summed E-state index contributed by atoms with van der Waals surface area (Å²) in [6, 6.07) is 10.4. The SMILES string of the molecule is C[S@@](=O)c1ccccc1C(=O)OCC(=O)Nc1ccccc1C(F)(F)F. The highest BCUT2D eigenvalue weighted by molar-refractivity contribution is 7.84. The van der Waals surface area contributed by atoms with Crippen LogP contribution in [-0.4, -0.2) is 28.9 Å². The summed E-state index contributed by atoms with van der Waals surface area (Å²) in [7, 11) is -1.45. The molecule has 1 atom stereocenters. The molecule has 5 nitrogen and oxygen atoms in total. The van der Waals surface area contributed by atoms with E-state index in [9.17, 15) is 27.0 Å². The molecule has 0 fully saturated rings. The standard InChI is InChI=1S/C17H14F3NO4S/c1-26(24)14-9-5-2-6-11(14)16(23)25-10-15(22)21-13-8-4-3-7-12(13)17(18,19)20/h2-9H,10H2,1H3,(H,21,22)/t26-/m1/s1. The van der Waals surface area contributed by atoms with Crippen LogP contribution in [0.15, 0.2) is 53.4 Å². The number of alkyl halides is 3. The Morgan fingerprint density at radius 3 is 2.35 bits per heavy atom. The molecule has 2 aromatic rings. The van der Waals surface area contributed by atoms with Gasteiger partial charge >= 0.3 is 12.1 Å². The lowest BCUT2D eigenvalue weighted by Crippen LogP contribution is -2.23. The quantitative estimate of drug-likeness (QED) is 0.802. The van der Waals surface area contributed by atoms with E-state index in [0.717, 1.165) is 12.1 Å². The van der Waals surface area contributed by atoms with E-state index in [1.807, 2.05) is 0 Å². The largest absolute Gasteiger partial charge is 0.452 e. The van der Waals surface area contributed by atoms with Gasteiger partial charge in [-0.3, -0.25) is 9.00 Å². The van der Waals surface area contributed by atoms with Crippen molar-refractivity contribution in [2.75, 3.05) is 18.2 Å². The number of halogens is 3. The number of hydrogen-bond acceptors (Lipinski definition) is 4. The molecular weight excluding hydrogens is 371 g/mol. The van der Waals surface area contributed by atoms with Gasteiger partial charge in [0.1, 0.15) is 0 Å². The van der Waals surface area contributed by atoms with Crippen molar-refractivity contribution in [3.8, 4) is 0 Å². The van der Waals surface area contributed by atoms with Gasteiger partial charge < -0.3 is 10.1 Å². The maximum Gasteiger partial charge on any atom is 0.418 e. The Morgan fingerprint density at radius 2 is 1.69 bits per heavy atom. The van der Waals surface area contributed by atoms with Crippen LogP contribution in [0.25, 0.3) is 0 Å². The lowest BCUT2D eigenvalue weighted by molar-refractivity contribution is -0.137. The number of hydrogen-bond donors (Lipinski definition) is 1. The molecule has 0 aliphatic rings. The van der Waals surface area contributed by atoms with Crippen molar-refractivity contribution in [3.05, 3.63) is 59.7 Å². The number of carbonyl (C=O) groups excluding carboxylic acids is 2. The van der Waals surface area contributed by atoms with E-state index in [4.69, 9.17) is 4.74 Å². The van der Waals surface area contributed by atoms with Crippen LogP contribution >= 0.6 is 0 Å². The second-order valence-corrected chi connectivity index (χ2v) is 6.47. The highest BCUT2D eigenvalue weighted by Crippen LogP contribution is 2.34. The average molecular weight is 385 g/mol. The predicted octanol–water partition coefficient (Wildman–Crippen LogP) is 3.24. The zero-order valence-electron chi connectivity index (χ0n) is 13.5. The minimum absolute atomic E-state index is 0.0248. The molecule has 0 aliphatic heterocycles. The smallest absolute Gasteiger partial charge is 0.418 e. The van der Waals surface area contributed by atoms with Crippen LogP contribution < -0.4 is 5.32 Å². The summed E-state index contributed by atoms with van der Waals surface area (Å²) in [5, 5.41) is 2.07. The highest BCUT2D eigenvalue weighted by Gasteiger charge is 2.33. The van der Waals surface area contributed by atoms with Gasteiger partial charge in [0.25, 0.3) is 5.91 Å². The molecule has 0 heterocycles. The second kappa shape index (κ2) is 8.13. The van der Waals surface area contributed by atoms with Crippen LogP contribution in [-0.2, 0) is 26.5 Å². The number of nitrogens with one attached hydrogen (secondary N) is 1. The molecule has 0 bridgehead atoms. The normalized spacial score (nSPS) is 12.3. The van der Waals surface area contributed by atoms with Crippen LogP contribution in [0.4, 0.5) is 18.9 Å². The maximum atomic E-state index is 12.9. The van der Waals surface area contributed by atoms with Crippen molar-refractivity contribution in [2.45, 2.75) is 11.1 Å². The van der Waals surface area contributed by atoms with E-state index >= 15 is 0 Å². The zero-order chi connectivity index (χ0) is 19.3. The van der Waals surface area contributed by atoms with Gasteiger partial charge in [0, 0.05) is 6.26 Å². The molecule has 0 aromatic heterocycles. The van der Waals surface area contributed by atoms with E-state index in [1.54, 1.807) is 6.07 Å². The molecule has 2 rings (SSSR count). The van der Waals surface area contributed by atoms with Gasteiger partial charge in [0.05, 0.1) is 32.5 Å². The Kier molecular flexibility index (Phi) is 6.14. The van der Waals surface area contributed by atoms with Crippen molar-refractivity contribution in [1.82, 2.24) is 0 Å². The first-order chi connectivity index (χ1) is 12.2. The highest BCUT2D eigenvalue weighted by atomic mass is 32.2. The first-order valence-electron chi connectivity index (χ1n) is 7.26. The lowest BCUT2D eigenvalue weighted by Gasteiger charge is -2.13. The van der Waals surface area contributed by atoms with E-state index in [-0.39, 0.29) is 10.5 Å². The molecule has 0 radical (unpaired) electrons. The third-order valence-corrected chi connectivity index (χ3v) is 4.23. The number of para-hydroxylation sites is 1. The van der Waals surface area contributed by atoms with Crippen molar-refractivity contribution in [1.29, 1.82) is 0 Å². The van der Waals surface area contributed by atoms with Crippen molar-refractivity contribution in [3.63, 3.8) is 0 Å². The van der Waals surface area contributed by atoms with Gasteiger partial charge in [0.15, 0.2) is 6.61 Å². The number of amides is 1. The molecular formula is C17H14F3NO4S. The molecule has 9 heteroatoms. The summed E-state index contributed by atoms with van der Waals surface area (Å²) >= 11 is 0. The molecule has 0 aliphatic carbocycles. The first kappa shape index (κ1) is 19.6. The molecule has 1 N–H and O–H groups in total. The second-order valence-electron chi connectivity index (χ2n) is 5.12. The zero-order valence-corrected chi connectivity index (χ0v) is 14.3. The third-order valence-electron chi connectivity index (χ3n) is 3.26. The lowest BCUT2D eigenvalue weighted by atomic mass is 10.1. The first-order valence-corrected chi connectivity index (χ1v) is 8.81. The van der Waals surface area contributed by atoms with Crippen molar-refractivity contribution >= 4 is 28.4 Å². The number of carbonyl (C=O) groups is 2. The number of benzene rings is 2. The monoisotopic (exact) mass is 385 g/mol. The van der Waals surface area contributed by atoms with Crippen molar-refractivity contribution < 1.29 is 31.7 Å². The van der Waals surface area contributed by atoms with Gasteiger partial charge in [-0.2, -0.15) is 13.2 Å². The summed E-state index contributed by atoms with van der Waals surface area (Å²) in [6.07, 6.45) is -3.25. The molecule has 0 saturated heterocycles. The fraction of sp³-hybridized carbons (Fsp3) is 0.176. The van der Waals surface area contributed by atoms with Crippen molar-refractivity contribution in [2.24, 2.45) is 0 Å². The Bertz CT molecular complexity index is 852. The van der Waals surface area contributed by atoms with E-state index in [0.29, 0.717) is 0 Å². The Morgan fingerprint density at radius 1 is 1.08 bits per heavy atom. The predicted molar refractivity (Wildman–Crippen MR) is 89.1 cm³/mol. The summed E-state index contributed by atoms with van der Waals surface area (Å²) in [6.45, 7) is -0.782. The summed E-state index contributed by atoms with van der Waals surface area (Å²) < 4.78 is 55.1. The van der Waals surface area contributed by atoms with Gasteiger partial charge in [-0.15, -0.1) is 0 Å². The third kappa shape index (κ3) is 4.92. The molecule has 0 spiro atoms. The van der Waals surface area contributed by atoms with Gasteiger partial charge in [-0.1, -0.05) is 24.3 Å². The molecule has 2 aromatic carbocycles. The summed E-state index contributed by atoms with van der Waals surface area (Å²) in [5.74, 6) is -1.82. The van der Waals surface area contributed by atoms with E-state index in [1.165, 1.54) is 36.6 Å². The number of rotatable bonds is 5. The molecule has 26 heavy (non-hydrogen) atoms. The van der Waals surface area contributed by atoms with Crippen LogP contribution in [0.3, 0.4) is 0 Å². The number of anilines is 1. The maximum absolute atomic E-state index is 12.9. The fourth-order valence-corrected chi connectivity index (χ4v) is 2.85. The molecule has 138 valence electrons. The molecule has 0 saturated carbocycles. The molecule has 1 amide bonds. The van der Waals surface area contributed by atoms with Crippen LogP contribution in [0.2, 0.25) is 0 Å². The summed E-state index contributed by atoms with van der Waals surface area (Å²) in [4.78, 5) is 24.1. The minimum atomic E-state index is -4.63. The van der Waals surface area contributed by atoms with Crippen LogP contribution in [0.1, 0.15) is 15.9 Å². The van der Waals surface area contributed by atoms with Crippen LogP contribution in [0, 0.1) is 0 Å². The van der Waals surface area contributed by atoms with Gasteiger partial charge in [0.2, 0.25) is 0 Å². The van der Waals surface area contributed by atoms with Gasteiger partial charge in [-0.05, 0) is 24.3 Å². The van der Waals surface area contributed by atoms with Gasteiger partial charge in [-0.25, -0.2) is 4.79 Å². The van der Waals surface area contributed by atoms with E-state index < -0.39 is 46.7 Å². The Hall–Kier alpha value is -2.68. The summed E-state index contributed by atoms with van der Waals surface area (Å²) in [5.41, 5.74) is -1.42. The number of esters is 1. The number of ether oxygens (including phenoxy) is 1. The minimum Gasteiger partial charge on any atom is -0.452 e. The Balaban J connectivity index is 2.05. The van der Waals surface area contributed by atoms with E-state index in [2.05, 4.69) is 5.32 Å². The average Bonchev–Trinajstić information content (AvgIpc) is 2.59. The molecule has 0 unspecified atom stereocenters. The fourth-order valence-electron chi connectivity index (χ4n) is 2.12.